The van der Waals surface area contributed by atoms with Gasteiger partial charge >= 0.3 is 5.97 Å². The third-order valence-electron chi connectivity index (χ3n) is 3.32. The Balaban J connectivity index is 2.26. The van der Waals surface area contributed by atoms with E-state index in [1.165, 1.54) is 0 Å². The summed E-state index contributed by atoms with van der Waals surface area (Å²) >= 11 is 12.3. The minimum atomic E-state index is -0.982. The number of aromatic carboxylic acids is 1. The first-order valence-corrected chi connectivity index (χ1v) is 6.89. The number of hydrogen-bond donors (Lipinski definition) is 1. The summed E-state index contributed by atoms with van der Waals surface area (Å²) in [6.07, 6.45) is 0. The summed E-state index contributed by atoms with van der Waals surface area (Å²) in [6.45, 7) is 0. The summed E-state index contributed by atoms with van der Waals surface area (Å²) in [5.74, 6) is -0.343. The maximum absolute atomic E-state index is 11.0. The Morgan fingerprint density at radius 3 is 2.71 bits per heavy atom. The van der Waals surface area contributed by atoms with Crippen LogP contribution >= 0.6 is 23.2 Å². The van der Waals surface area contributed by atoms with Gasteiger partial charge in [-0.1, -0.05) is 29.3 Å². The van der Waals surface area contributed by atoms with E-state index in [-0.39, 0.29) is 5.56 Å². The van der Waals surface area contributed by atoms with Crippen LogP contribution in [0.1, 0.15) is 10.4 Å². The standard InChI is InChI=1S/C15H10Cl2N2O2/c1-19-12-6-5-8(15(20)21)7-11(12)18-14(19)9-3-2-4-10(16)13(9)17/h2-7H,1H3,(H,20,21). The normalized spacial score (nSPS) is 11.0. The lowest BCUT2D eigenvalue weighted by atomic mass is 10.2. The fraction of sp³-hybridized carbons (Fsp3) is 0.0667. The Morgan fingerprint density at radius 1 is 1.24 bits per heavy atom. The molecule has 0 saturated carbocycles. The molecule has 3 rings (SSSR count). The van der Waals surface area contributed by atoms with Crippen molar-refractivity contribution in [3.63, 3.8) is 0 Å². The van der Waals surface area contributed by atoms with Crippen molar-refractivity contribution in [2.45, 2.75) is 0 Å². The Bertz CT molecular complexity index is 871. The van der Waals surface area contributed by atoms with Gasteiger partial charge in [-0.05, 0) is 30.3 Å². The van der Waals surface area contributed by atoms with Crippen molar-refractivity contribution >= 4 is 40.2 Å². The maximum Gasteiger partial charge on any atom is 0.335 e. The molecule has 106 valence electrons. The van der Waals surface area contributed by atoms with Gasteiger partial charge in [0.2, 0.25) is 0 Å². The van der Waals surface area contributed by atoms with Crippen LogP contribution in [0.4, 0.5) is 0 Å². The summed E-state index contributed by atoms with van der Waals surface area (Å²) in [4.78, 5) is 15.5. The number of benzene rings is 2. The molecule has 0 unspecified atom stereocenters. The van der Waals surface area contributed by atoms with E-state index in [1.54, 1.807) is 30.3 Å². The van der Waals surface area contributed by atoms with E-state index in [0.29, 0.717) is 26.9 Å². The minimum Gasteiger partial charge on any atom is -0.478 e. The molecule has 6 heteroatoms. The van der Waals surface area contributed by atoms with Crippen molar-refractivity contribution in [3.8, 4) is 11.4 Å². The molecule has 0 saturated heterocycles. The van der Waals surface area contributed by atoms with Crippen molar-refractivity contribution < 1.29 is 9.90 Å². The Morgan fingerprint density at radius 2 is 2.00 bits per heavy atom. The number of aryl methyl sites for hydroxylation is 1. The van der Waals surface area contributed by atoms with Crippen LogP contribution in [0, 0.1) is 0 Å². The number of halogens is 2. The maximum atomic E-state index is 11.0. The molecule has 0 radical (unpaired) electrons. The monoisotopic (exact) mass is 320 g/mol. The molecule has 0 aliphatic carbocycles. The van der Waals surface area contributed by atoms with Crippen molar-refractivity contribution in [1.29, 1.82) is 0 Å². The van der Waals surface area contributed by atoms with Crippen LogP contribution < -0.4 is 0 Å². The number of rotatable bonds is 2. The van der Waals surface area contributed by atoms with Crippen molar-refractivity contribution in [2.75, 3.05) is 0 Å². The smallest absolute Gasteiger partial charge is 0.335 e. The van der Waals surface area contributed by atoms with Gasteiger partial charge in [-0.3, -0.25) is 0 Å². The number of carboxylic acid groups (broad SMARTS) is 1. The largest absolute Gasteiger partial charge is 0.478 e. The molecule has 0 aliphatic rings. The zero-order chi connectivity index (χ0) is 15.1. The highest BCUT2D eigenvalue weighted by Gasteiger charge is 2.15. The Hall–Kier alpha value is -2.04. The Kier molecular flexibility index (Phi) is 3.35. The van der Waals surface area contributed by atoms with E-state index in [2.05, 4.69) is 4.98 Å². The summed E-state index contributed by atoms with van der Waals surface area (Å²) < 4.78 is 1.86. The van der Waals surface area contributed by atoms with Crippen LogP contribution in [0.5, 0.6) is 0 Å². The van der Waals surface area contributed by atoms with Crippen molar-refractivity contribution in [3.05, 3.63) is 52.0 Å². The fourth-order valence-electron chi connectivity index (χ4n) is 2.25. The summed E-state index contributed by atoms with van der Waals surface area (Å²) in [5.41, 5.74) is 2.33. The molecule has 3 aromatic rings. The molecule has 1 aromatic heterocycles. The highest BCUT2D eigenvalue weighted by atomic mass is 35.5. The van der Waals surface area contributed by atoms with Gasteiger partial charge in [0.05, 0.1) is 26.6 Å². The first-order chi connectivity index (χ1) is 9.99. The molecule has 0 aliphatic heterocycles. The van der Waals surface area contributed by atoms with Gasteiger partial charge in [0.1, 0.15) is 5.82 Å². The second kappa shape index (κ2) is 5.06. The predicted molar refractivity (Wildman–Crippen MR) is 83.1 cm³/mol. The molecule has 2 aromatic carbocycles. The zero-order valence-electron chi connectivity index (χ0n) is 11.0. The number of fused-ring (bicyclic) bond motifs is 1. The summed E-state index contributed by atoms with van der Waals surface area (Å²) in [5, 5.41) is 9.92. The van der Waals surface area contributed by atoms with Crippen molar-refractivity contribution in [1.82, 2.24) is 9.55 Å². The SMILES string of the molecule is Cn1c(-c2cccc(Cl)c2Cl)nc2cc(C(=O)O)ccc21. The molecular weight excluding hydrogens is 311 g/mol. The van der Waals surface area contributed by atoms with Gasteiger partial charge in [0.15, 0.2) is 0 Å². The van der Waals surface area contributed by atoms with Gasteiger partial charge in [-0.25, -0.2) is 9.78 Å². The summed E-state index contributed by atoms with van der Waals surface area (Å²) in [7, 11) is 1.85. The first kappa shape index (κ1) is 13.9. The second-order valence-electron chi connectivity index (χ2n) is 4.60. The lowest BCUT2D eigenvalue weighted by molar-refractivity contribution is 0.0697. The van der Waals surface area contributed by atoms with E-state index in [9.17, 15) is 4.79 Å². The Labute approximate surface area is 130 Å². The van der Waals surface area contributed by atoms with E-state index in [1.807, 2.05) is 17.7 Å². The van der Waals surface area contributed by atoms with Gasteiger partial charge in [0.25, 0.3) is 0 Å². The number of imidazole rings is 1. The zero-order valence-corrected chi connectivity index (χ0v) is 12.5. The van der Waals surface area contributed by atoms with E-state index in [4.69, 9.17) is 28.3 Å². The van der Waals surface area contributed by atoms with Crippen LogP contribution in [0.2, 0.25) is 10.0 Å². The average molecular weight is 321 g/mol. The first-order valence-electron chi connectivity index (χ1n) is 6.13. The van der Waals surface area contributed by atoms with Crippen LogP contribution in [0.25, 0.3) is 22.4 Å². The molecule has 0 atom stereocenters. The second-order valence-corrected chi connectivity index (χ2v) is 5.39. The van der Waals surface area contributed by atoms with Crippen LogP contribution in [0.3, 0.4) is 0 Å². The number of carboxylic acids is 1. The van der Waals surface area contributed by atoms with Gasteiger partial charge in [0, 0.05) is 12.6 Å². The molecule has 0 bridgehead atoms. The average Bonchev–Trinajstić information content (AvgIpc) is 2.78. The quantitative estimate of drug-likeness (QED) is 0.768. The molecule has 0 fully saturated rings. The number of nitrogens with zero attached hydrogens (tertiary/aromatic N) is 2. The van der Waals surface area contributed by atoms with Gasteiger partial charge in [-0.15, -0.1) is 0 Å². The number of hydrogen-bond acceptors (Lipinski definition) is 2. The molecular formula is C15H10Cl2N2O2. The predicted octanol–water partition coefficient (Wildman–Crippen LogP) is 4.25. The molecule has 0 amide bonds. The number of aromatic nitrogens is 2. The van der Waals surface area contributed by atoms with Crippen molar-refractivity contribution in [2.24, 2.45) is 7.05 Å². The summed E-state index contributed by atoms with van der Waals surface area (Å²) in [6, 6.07) is 10.2. The molecule has 1 N–H and O–H groups in total. The van der Waals surface area contributed by atoms with Crippen LogP contribution in [-0.2, 0) is 7.05 Å². The highest BCUT2D eigenvalue weighted by Crippen LogP contribution is 2.34. The molecule has 1 heterocycles. The molecule has 21 heavy (non-hydrogen) atoms. The highest BCUT2D eigenvalue weighted by molar-refractivity contribution is 6.43. The van der Waals surface area contributed by atoms with Crippen LogP contribution in [-0.4, -0.2) is 20.6 Å². The lowest BCUT2D eigenvalue weighted by Crippen LogP contribution is -1.96. The molecule has 4 nitrogen and oxygen atoms in total. The van der Waals surface area contributed by atoms with E-state index < -0.39 is 5.97 Å². The van der Waals surface area contributed by atoms with E-state index >= 15 is 0 Å². The third kappa shape index (κ3) is 2.26. The number of carbonyl (C=O) groups is 1. The fourth-order valence-corrected chi connectivity index (χ4v) is 2.64. The van der Waals surface area contributed by atoms with Gasteiger partial charge in [-0.2, -0.15) is 0 Å². The molecule has 0 spiro atoms. The minimum absolute atomic E-state index is 0.198. The third-order valence-corrected chi connectivity index (χ3v) is 4.14. The van der Waals surface area contributed by atoms with Gasteiger partial charge < -0.3 is 9.67 Å². The topological polar surface area (TPSA) is 55.1 Å². The van der Waals surface area contributed by atoms with E-state index in [0.717, 1.165) is 5.52 Å². The lowest BCUT2D eigenvalue weighted by Gasteiger charge is -2.05. The van der Waals surface area contributed by atoms with Crippen LogP contribution in [0.15, 0.2) is 36.4 Å².